The zero-order valence-electron chi connectivity index (χ0n) is 15.6. The zero-order chi connectivity index (χ0) is 19.9. The number of rotatable bonds is 8. The number of pyridine rings is 1. The van der Waals surface area contributed by atoms with Gasteiger partial charge in [-0.15, -0.1) is 0 Å². The van der Waals surface area contributed by atoms with Gasteiger partial charge in [0.05, 0.1) is 11.8 Å². The number of nitrogens with zero attached hydrogens (tertiary/aromatic N) is 1. The van der Waals surface area contributed by atoms with Gasteiger partial charge in [0, 0.05) is 24.8 Å². The van der Waals surface area contributed by atoms with E-state index in [0.29, 0.717) is 17.1 Å². The number of hydrogen-bond donors (Lipinski definition) is 2. The number of carbonyl (C=O) groups excluding carboxylic acids is 1. The van der Waals surface area contributed by atoms with Crippen molar-refractivity contribution < 1.29 is 24.2 Å². The van der Waals surface area contributed by atoms with E-state index in [1.807, 2.05) is 20.8 Å². The number of carboxylic acids is 1. The highest BCUT2D eigenvalue weighted by Gasteiger charge is 2.22. The molecule has 0 spiro atoms. The third kappa shape index (κ3) is 7.07. The van der Waals surface area contributed by atoms with E-state index in [0.717, 1.165) is 0 Å². The summed E-state index contributed by atoms with van der Waals surface area (Å²) < 4.78 is 11.1. The predicted octanol–water partition coefficient (Wildman–Crippen LogP) is 3.26. The van der Waals surface area contributed by atoms with Gasteiger partial charge in [0.2, 0.25) is 0 Å². The van der Waals surface area contributed by atoms with Crippen LogP contribution in [0.25, 0.3) is 0 Å². The fourth-order valence-corrected chi connectivity index (χ4v) is 2.20. The van der Waals surface area contributed by atoms with Crippen LogP contribution in [0.1, 0.15) is 37.6 Å². The second kappa shape index (κ2) is 9.14. The highest BCUT2D eigenvalue weighted by molar-refractivity contribution is 5.96. The lowest BCUT2D eigenvalue weighted by atomic mass is 10.1. The van der Waals surface area contributed by atoms with Gasteiger partial charge in [0.15, 0.2) is 0 Å². The second-order valence-corrected chi connectivity index (χ2v) is 6.93. The lowest BCUT2D eigenvalue weighted by Gasteiger charge is -2.21. The molecule has 0 aliphatic rings. The van der Waals surface area contributed by atoms with Crippen molar-refractivity contribution in [3.05, 3.63) is 54.4 Å². The number of carbonyl (C=O) groups is 2. The number of amides is 1. The van der Waals surface area contributed by atoms with Crippen LogP contribution in [-0.4, -0.2) is 40.2 Å². The maximum absolute atomic E-state index is 12.3. The molecule has 0 radical (unpaired) electrons. The van der Waals surface area contributed by atoms with E-state index in [4.69, 9.17) is 9.47 Å². The summed E-state index contributed by atoms with van der Waals surface area (Å²) in [4.78, 5) is 27.7. The molecule has 0 saturated carbocycles. The van der Waals surface area contributed by atoms with Crippen molar-refractivity contribution in [2.75, 3.05) is 6.61 Å². The molecule has 0 bridgehead atoms. The molecule has 2 N–H and O–H groups in total. The third-order valence-corrected chi connectivity index (χ3v) is 3.53. The Morgan fingerprint density at radius 3 is 2.41 bits per heavy atom. The lowest BCUT2D eigenvalue weighted by molar-refractivity contribution is -0.140. The molecule has 7 heteroatoms. The van der Waals surface area contributed by atoms with Crippen LogP contribution in [0.15, 0.2) is 48.8 Å². The molecule has 0 aliphatic heterocycles. The summed E-state index contributed by atoms with van der Waals surface area (Å²) in [5, 5.41) is 11.8. The van der Waals surface area contributed by atoms with E-state index in [2.05, 4.69) is 10.3 Å². The first kappa shape index (κ1) is 20.4. The molecule has 0 aliphatic carbocycles. The van der Waals surface area contributed by atoms with Crippen molar-refractivity contribution in [1.29, 1.82) is 0 Å². The summed E-state index contributed by atoms with van der Waals surface area (Å²) in [6, 6.07) is 8.93. The van der Waals surface area contributed by atoms with Crippen LogP contribution in [0.2, 0.25) is 0 Å². The van der Waals surface area contributed by atoms with E-state index in [1.54, 1.807) is 48.8 Å². The number of ether oxygens (including phenoxy) is 2. The first-order valence-electron chi connectivity index (χ1n) is 8.60. The van der Waals surface area contributed by atoms with E-state index in [-0.39, 0.29) is 18.6 Å². The maximum Gasteiger partial charge on any atom is 0.326 e. The van der Waals surface area contributed by atoms with E-state index >= 15 is 0 Å². The van der Waals surface area contributed by atoms with Crippen molar-refractivity contribution in [1.82, 2.24) is 10.3 Å². The summed E-state index contributed by atoms with van der Waals surface area (Å²) in [6.45, 7) is 5.89. The Bertz CT molecular complexity index is 754. The molecule has 2 rings (SSSR count). The van der Waals surface area contributed by atoms with Crippen LogP contribution in [0.4, 0.5) is 0 Å². The van der Waals surface area contributed by atoms with Crippen molar-refractivity contribution in [2.24, 2.45) is 0 Å². The Morgan fingerprint density at radius 2 is 1.85 bits per heavy atom. The quantitative estimate of drug-likeness (QED) is 0.738. The van der Waals surface area contributed by atoms with Crippen LogP contribution in [0, 0.1) is 0 Å². The number of aromatic nitrogens is 1. The van der Waals surface area contributed by atoms with Gasteiger partial charge in [-0.05, 0) is 57.2 Å². The van der Waals surface area contributed by atoms with Gasteiger partial charge in [-0.1, -0.05) is 0 Å². The normalized spacial score (nSPS) is 12.3. The van der Waals surface area contributed by atoms with Crippen LogP contribution >= 0.6 is 0 Å². The smallest absolute Gasteiger partial charge is 0.326 e. The Morgan fingerprint density at radius 1 is 1.15 bits per heavy atom. The minimum absolute atomic E-state index is 0.181. The predicted molar refractivity (Wildman–Crippen MR) is 100.0 cm³/mol. The highest BCUT2D eigenvalue weighted by atomic mass is 16.5. The Labute approximate surface area is 158 Å². The molecule has 1 heterocycles. The minimum atomic E-state index is -1.10. The first-order valence-corrected chi connectivity index (χ1v) is 8.60. The fourth-order valence-electron chi connectivity index (χ4n) is 2.20. The standard InChI is InChI=1S/C20H24N2O5/c1-20(2,3)26-12-10-17(19(24)25)22-18(23)14-6-8-15(9-7-14)27-16-5-4-11-21-13-16/h4-9,11,13,17H,10,12H2,1-3H3,(H,22,23)(H,24,25). The van der Waals surface area contributed by atoms with Crippen LogP contribution in [0.5, 0.6) is 11.5 Å². The molecule has 2 aromatic rings. The zero-order valence-corrected chi connectivity index (χ0v) is 15.6. The van der Waals surface area contributed by atoms with Crippen molar-refractivity contribution in [2.45, 2.75) is 38.8 Å². The largest absolute Gasteiger partial charge is 0.480 e. The van der Waals surface area contributed by atoms with Gasteiger partial charge in [-0.25, -0.2) is 4.79 Å². The molecule has 0 saturated heterocycles. The Hall–Kier alpha value is -2.93. The number of nitrogens with one attached hydrogen (secondary N) is 1. The van der Waals surface area contributed by atoms with Gasteiger partial charge in [-0.3, -0.25) is 9.78 Å². The average molecular weight is 372 g/mol. The number of carboxylic acid groups (broad SMARTS) is 1. The molecule has 7 nitrogen and oxygen atoms in total. The summed E-state index contributed by atoms with van der Waals surface area (Å²) in [5.74, 6) is -0.434. The molecule has 144 valence electrons. The second-order valence-electron chi connectivity index (χ2n) is 6.93. The summed E-state index contributed by atoms with van der Waals surface area (Å²) in [5.41, 5.74) is -0.0199. The number of benzene rings is 1. The van der Waals surface area contributed by atoms with Crippen molar-refractivity contribution >= 4 is 11.9 Å². The van der Waals surface area contributed by atoms with E-state index in [1.165, 1.54) is 0 Å². The van der Waals surface area contributed by atoms with Gasteiger partial charge >= 0.3 is 5.97 Å². The number of hydrogen-bond acceptors (Lipinski definition) is 5. The molecule has 27 heavy (non-hydrogen) atoms. The highest BCUT2D eigenvalue weighted by Crippen LogP contribution is 2.20. The van der Waals surface area contributed by atoms with Gasteiger partial charge in [0.25, 0.3) is 5.91 Å². The van der Waals surface area contributed by atoms with Crippen LogP contribution in [-0.2, 0) is 9.53 Å². The Balaban J connectivity index is 1.94. The molecular weight excluding hydrogens is 348 g/mol. The monoisotopic (exact) mass is 372 g/mol. The topological polar surface area (TPSA) is 97.8 Å². The summed E-state index contributed by atoms with van der Waals surface area (Å²) in [6.07, 6.45) is 3.41. The van der Waals surface area contributed by atoms with Crippen LogP contribution in [0.3, 0.4) is 0 Å². The molecule has 1 atom stereocenters. The summed E-state index contributed by atoms with van der Waals surface area (Å²) >= 11 is 0. The van der Waals surface area contributed by atoms with Gasteiger partial charge in [-0.2, -0.15) is 0 Å². The lowest BCUT2D eigenvalue weighted by Crippen LogP contribution is -2.42. The van der Waals surface area contributed by atoms with Crippen molar-refractivity contribution in [3.8, 4) is 11.5 Å². The molecule has 1 aromatic heterocycles. The number of aliphatic carboxylic acids is 1. The van der Waals surface area contributed by atoms with Gasteiger partial charge in [0.1, 0.15) is 17.5 Å². The SMILES string of the molecule is CC(C)(C)OCCC(NC(=O)c1ccc(Oc2cccnc2)cc1)C(=O)O. The average Bonchev–Trinajstić information content (AvgIpc) is 2.61. The molecule has 0 fully saturated rings. The van der Waals surface area contributed by atoms with Crippen LogP contribution < -0.4 is 10.1 Å². The van der Waals surface area contributed by atoms with E-state index < -0.39 is 17.9 Å². The third-order valence-electron chi connectivity index (χ3n) is 3.53. The molecular formula is C20H24N2O5. The molecule has 1 amide bonds. The van der Waals surface area contributed by atoms with Gasteiger partial charge < -0.3 is 19.9 Å². The molecule has 1 aromatic carbocycles. The van der Waals surface area contributed by atoms with E-state index in [9.17, 15) is 14.7 Å². The first-order chi connectivity index (χ1) is 12.7. The van der Waals surface area contributed by atoms with Crippen molar-refractivity contribution in [3.63, 3.8) is 0 Å². The Kier molecular flexibility index (Phi) is 6.90. The maximum atomic E-state index is 12.3. The fraction of sp³-hybridized carbons (Fsp3) is 0.350. The molecule has 1 unspecified atom stereocenters. The summed E-state index contributed by atoms with van der Waals surface area (Å²) in [7, 11) is 0. The minimum Gasteiger partial charge on any atom is -0.480 e.